The van der Waals surface area contributed by atoms with Crippen LogP contribution in [0.3, 0.4) is 0 Å². The Kier molecular flexibility index (Phi) is 5.48. The number of halogens is 4. The number of rotatable bonds is 5. The number of anilines is 2. The third kappa shape index (κ3) is 4.49. The number of hydrogen-bond donors (Lipinski definition) is 2. The molecule has 0 saturated carbocycles. The van der Waals surface area contributed by atoms with E-state index in [-0.39, 0.29) is 11.5 Å². The normalized spacial score (nSPS) is 11.8. The van der Waals surface area contributed by atoms with Gasteiger partial charge in [-0.1, -0.05) is 6.07 Å². The lowest BCUT2D eigenvalue weighted by molar-refractivity contribution is -0.137. The highest BCUT2D eigenvalue weighted by atomic mass is 19.4. The van der Waals surface area contributed by atoms with Gasteiger partial charge < -0.3 is 19.6 Å². The first kappa shape index (κ1) is 23.5. The number of H-pyrrole nitrogens is 1. The van der Waals surface area contributed by atoms with Crippen LogP contribution in [0.25, 0.3) is 33.6 Å². The Morgan fingerprint density at radius 1 is 0.895 bits per heavy atom. The number of fused-ring (bicyclic) bond motifs is 2. The van der Waals surface area contributed by atoms with Crippen molar-refractivity contribution in [3.8, 4) is 23.0 Å². The lowest BCUT2D eigenvalue weighted by atomic mass is 10.2. The third-order valence-corrected chi connectivity index (χ3v) is 5.95. The molecule has 0 bridgehead atoms. The van der Waals surface area contributed by atoms with E-state index in [0.717, 1.165) is 17.6 Å². The molecule has 6 aromatic rings. The Hall–Kier alpha value is -4.93. The highest BCUT2D eigenvalue weighted by Crippen LogP contribution is 2.33. The Labute approximate surface area is 212 Å². The second-order valence-electron chi connectivity index (χ2n) is 8.57. The maximum atomic E-state index is 13.5. The lowest BCUT2D eigenvalue weighted by Crippen LogP contribution is -2.06. The number of pyridine rings is 1. The summed E-state index contributed by atoms with van der Waals surface area (Å²) in [7, 11) is 1.76. The van der Waals surface area contributed by atoms with Crippen LogP contribution in [0.5, 0.6) is 11.5 Å². The predicted molar refractivity (Wildman–Crippen MR) is 135 cm³/mol. The zero-order valence-electron chi connectivity index (χ0n) is 19.7. The summed E-state index contributed by atoms with van der Waals surface area (Å²) in [6.07, 6.45) is -2.86. The van der Waals surface area contributed by atoms with E-state index >= 15 is 0 Å². The molecule has 38 heavy (non-hydrogen) atoms. The van der Waals surface area contributed by atoms with Gasteiger partial charge in [0.05, 0.1) is 27.6 Å². The summed E-state index contributed by atoms with van der Waals surface area (Å²) in [4.78, 5) is 16.4. The predicted octanol–water partition coefficient (Wildman–Crippen LogP) is 7.21. The van der Waals surface area contributed by atoms with Gasteiger partial charge in [0.2, 0.25) is 5.95 Å². The van der Waals surface area contributed by atoms with Gasteiger partial charge in [-0.3, -0.25) is 4.98 Å². The van der Waals surface area contributed by atoms with Crippen LogP contribution < -0.4 is 10.1 Å². The summed E-state index contributed by atoms with van der Waals surface area (Å²) in [5.41, 5.74) is 2.57. The molecule has 3 aromatic carbocycles. The van der Waals surface area contributed by atoms with Crippen LogP contribution in [-0.4, -0.2) is 24.5 Å². The van der Waals surface area contributed by atoms with Gasteiger partial charge in [0.25, 0.3) is 0 Å². The molecule has 3 aromatic heterocycles. The number of nitrogens with zero attached hydrogens (tertiary/aromatic N) is 4. The highest BCUT2D eigenvalue weighted by Gasteiger charge is 2.30. The number of hydrogen-bond acceptors (Lipinski definition) is 5. The second-order valence-corrected chi connectivity index (χ2v) is 8.57. The van der Waals surface area contributed by atoms with E-state index in [9.17, 15) is 17.6 Å². The molecule has 0 saturated heterocycles. The largest absolute Gasteiger partial charge is 0.457 e. The summed E-state index contributed by atoms with van der Waals surface area (Å²) in [5, 5.41) is 2.95. The second kappa shape index (κ2) is 8.87. The zero-order valence-corrected chi connectivity index (χ0v) is 19.7. The first-order valence-corrected chi connectivity index (χ1v) is 11.4. The van der Waals surface area contributed by atoms with Crippen molar-refractivity contribution in [2.24, 2.45) is 7.05 Å². The quantitative estimate of drug-likeness (QED) is 0.236. The number of nitrogens with one attached hydrogen (secondary N) is 2. The van der Waals surface area contributed by atoms with Gasteiger partial charge in [0.1, 0.15) is 23.0 Å². The molecule has 190 valence electrons. The van der Waals surface area contributed by atoms with Crippen LogP contribution in [0, 0.1) is 5.82 Å². The fraction of sp³-hybridized carbons (Fsp3) is 0.0741. The minimum Gasteiger partial charge on any atom is -0.457 e. The lowest BCUT2D eigenvalue weighted by Gasteiger charge is -2.10. The summed E-state index contributed by atoms with van der Waals surface area (Å²) >= 11 is 0. The molecule has 0 unspecified atom stereocenters. The number of benzene rings is 3. The SMILES string of the molecule is Cn1c(Nc2cccc(C(F)(F)F)c2)nc2cc(Oc3ccnc(-c4nc5cc(F)ccc5[nH]4)c3)ccc21. The van der Waals surface area contributed by atoms with Crippen LogP contribution in [0.2, 0.25) is 0 Å². The number of aromatic amines is 1. The van der Waals surface area contributed by atoms with Gasteiger partial charge in [0.15, 0.2) is 5.82 Å². The summed E-state index contributed by atoms with van der Waals surface area (Å²) < 4.78 is 60.5. The third-order valence-electron chi connectivity index (χ3n) is 5.95. The molecule has 7 nitrogen and oxygen atoms in total. The minimum atomic E-state index is -4.44. The van der Waals surface area contributed by atoms with Crippen molar-refractivity contribution in [3.05, 3.63) is 90.4 Å². The van der Waals surface area contributed by atoms with E-state index in [0.29, 0.717) is 45.5 Å². The summed E-state index contributed by atoms with van der Waals surface area (Å²) in [5.74, 6) is 1.48. The topological polar surface area (TPSA) is 80.7 Å². The monoisotopic (exact) mass is 518 g/mol. The molecule has 0 amide bonds. The van der Waals surface area contributed by atoms with E-state index in [1.807, 2.05) is 6.07 Å². The molecule has 0 aliphatic heterocycles. The number of ether oxygens (including phenoxy) is 1. The van der Waals surface area contributed by atoms with Crippen LogP contribution in [-0.2, 0) is 13.2 Å². The number of aryl methyl sites for hydroxylation is 1. The molecule has 3 heterocycles. The molecule has 0 aliphatic rings. The molecular formula is C27H18F4N6O. The first-order chi connectivity index (χ1) is 18.2. The van der Waals surface area contributed by atoms with Gasteiger partial charge in [-0.15, -0.1) is 0 Å². The molecule has 0 radical (unpaired) electrons. The van der Waals surface area contributed by atoms with Crippen molar-refractivity contribution in [1.82, 2.24) is 24.5 Å². The number of imidazole rings is 2. The molecule has 0 atom stereocenters. The first-order valence-electron chi connectivity index (χ1n) is 11.4. The highest BCUT2D eigenvalue weighted by molar-refractivity contribution is 5.81. The number of aromatic nitrogens is 5. The van der Waals surface area contributed by atoms with E-state index in [4.69, 9.17) is 4.74 Å². The Bertz CT molecular complexity index is 1810. The fourth-order valence-electron chi connectivity index (χ4n) is 4.10. The van der Waals surface area contributed by atoms with Crippen molar-refractivity contribution in [2.45, 2.75) is 6.18 Å². The van der Waals surface area contributed by atoms with Gasteiger partial charge >= 0.3 is 6.18 Å². The van der Waals surface area contributed by atoms with Crippen LogP contribution in [0.15, 0.2) is 79.0 Å². The minimum absolute atomic E-state index is 0.271. The maximum absolute atomic E-state index is 13.5. The van der Waals surface area contributed by atoms with Crippen molar-refractivity contribution >= 4 is 33.7 Å². The summed E-state index contributed by atoms with van der Waals surface area (Å²) in [6, 6.07) is 17.9. The van der Waals surface area contributed by atoms with Crippen molar-refractivity contribution in [1.29, 1.82) is 0 Å². The van der Waals surface area contributed by atoms with Crippen molar-refractivity contribution in [2.75, 3.05) is 5.32 Å². The van der Waals surface area contributed by atoms with E-state index in [1.165, 1.54) is 18.2 Å². The molecule has 6 rings (SSSR count). The Balaban J connectivity index is 1.25. The van der Waals surface area contributed by atoms with Gasteiger partial charge in [-0.25, -0.2) is 14.4 Å². The van der Waals surface area contributed by atoms with Gasteiger partial charge in [0, 0.05) is 37.1 Å². The average Bonchev–Trinajstić information content (AvgIpc) is 3.44. The van der Waals surface area contributed by atoms with E-state index in [2.05, 4.69) is 25.3 Å². The van der Waals surface area contributed by atoms with Crippen LogP contribution in [0.1, 0.15) is 5.56 Å². The van der Waals surface area contributed by atoms with E-state index < -0.39 is 11.7 Å². The van der Waals surface area contributed by atoms with Gasteiger partial charge in [-0.05, 0) is 48.5 Å². The number of alkyl halides is 3. The summed E-state index contributed by atoms with van der Waals surface area (Å²) in [6.45, 7) is 0. The van der Waals surface area contributed by atoms with Crippen molar-refractivity contribution in [3.63, 3.8) is 0 Å². The average molecular weight is 518 g/mol. The van der Waals surface area contributed by atoms with E-state index in [1.54, 1.807) is 54.2 Å². The standard InChI is InChI=1S/C27H18F4N6O/c1-37-24-8-6-18(13-22(24)36-26(37)33-17-4-2-3-15(11-17)27(29,30)31)38-19-9-10-32-23(14-19)25-34-20-7-5-16(28)12-21(20)35-25/h2-14H,1H3,(H,33,36)(H,34,35). The zero-order chi connectivity index (χ0) is 26.4. The van der Waals surface area contributed by atoms with Crippen LogP contribution >= 0.6 is 0 Å². The van der Waals surface area contributed by atoms with Crippen LogP contribution in [0.4, 0.5) is 29.2 Å². The molecule has 0 aliphatic carbocycles. The molecule has 0 fully saturated rings. The molecular weight excluding hydrogens is 500 g/mol. The molecule has 11 heteroatoms. The molecule has 0 spiro atoms. The maximum Gasteiger partial charge on any atom is 0.416 e. The Morgan fingerprint density at radius 2 is 1.74 bits per heavy atom. The van der Waals surface area contributed by atoms with Crippen molar-refractivity contribution < 1.29 is 22.3 Å². The fourth-order valence-corrected chi connectivity index (χ4v) is 4.10. The smallest absolute Gasteiger partial charge is 0.416 e. The Morgan fingerprint density at radius 3 is 2.58 bits per heavy atom. The molecule has 2 N–H and O–H groups in total. The van der Waals surface area contributed by atoms with Gasteiger partial charge in [-0.2, -0.15) is 13.2 Å².